The Morgan fingerprint density at radius 2 is 1.62 bits per heavy atom. The largest absolute Gasteiger partial charge is 0.465 e. The van der Waals surface area contributed by atoms with Gasteiger partial charge in [-0.2, -0.15) is 0 Å². The van der Waals surface area contributed by atoms with Gasteiger partial charge >= 0.3 is 5.97 Å². The number of nitrogens with zero attached hydrogens (tertiary/aromatic N) is 1. The van der Waals surface area contributed by atoms with Crippen LogP contribution < -0.4 is 10.2 Å². The molecule has 3 aromatic rings. The molecule has 5 heteroatoms. The van der Waals surface area contributed by atoms with Gasteiger partial charge in [0.25, 0.3) is 5.91 Å². The fraction of sp³-hybridized carbons (Fsp3) is 0.167. The van der Waals surface area contributed by atoms with Gasteiger partial charge in [0.1, 0.15) is 0 Å². The number of anilines is 2. The summed E-state index contributed by atoms with van der Waals surface area (Å²) in [6.07, 6.45) is 0. The molecule has 0 unspecified atom stereocenters. The highest BCUT2D eigenvalue weighted by Crippen LogP contribution is 2.27. The number of amides is 1. The summed E-state index contributed by atoms with van der Waals surface area (Å²) in [6, 6.07) is 20.5. The number of ether oxygens (including phenoxy) is 1. The summed E-state index contributed by atoms with van der Waals surface area (Å²) in [5, 5.41) is 2.97. The Labute approximate surface area is 170 Å². The minimum atomic E-state index is -0.366. The van der Waals surface area contributed by atoms with Crippen molar-refractivity contribution >= 4 is 23.3 Å². The van der Waals surface area contributed by atoms with E-state index >= 15 is 0 Å². The molecule has 0 aromatic heterocycles. The summed E-state index contributed by atoms with van der Waals surface area (Å²) in [4.78, 5) is 26.3. The third kappa shape index (κ3) is 4.63. The van der Waals surface area contributed by atoms with Gasteiger partial charge in [-0.3, -0.25) is 4.79 Å². The number of aryl methyl sites for hydroxylation is 1. The molecule has 0 heterocycles. The fourth-order valence-electron chi connectivity index (χ4n) is 3.04. The van der Waals surface area contributed by atoms with Crippen LogP contribution in [0.15, 0.2) is 66.7 Å². The molecule has 1 amide bonds. The molecule has 148 valence electrons. The molecule has 0 radical (unpaired) electrons. The maximum absolute atomic E-state index is 12.7. The average Bonchev–Trinajstić information content (AvgIpc) is 2.74. The SMILES string of the molecule is COC(=O)c1ccc(-c2cc(NC(=O)c3cccc(N(C)C)c3)ccc2C)cc1. The maximum Gasteiger partial charge on any atom is 0.337 e. The van der Waals surface area contributed by atoms with E-state index in [4.69, 9.17) is 4.74 Å². The van der Waals surface area contributed by atoms with Crippen molar-refractivity contribution in [3.05, 3.63) is 83.4 Å². The third-order valence-electron chi connectivity index (χ3n) is 4.74. The number of hydrogen-bond acceptors (Lipinski definition) is 4. The number of carbonyl (C=O) groups is 2. The fourth-order valence-corrected chi connectivity index (χ4v) is 3.04. The molecule has 3 aromatic carbocycles. The smallest absolute Gasteiger partial charge is 0.337 e. The Bertz CT molecular complexity index is 1040. The van der Waals surface area contributed by atoms with E-state index in [9.17, 15) is 9.59 Å². The van der Waals surface area contributed by atoms with Crippen LogP contribution in [0.2, 0.25) is 0 Å². The number of nitrogens with one attached hydrogen (secondary N) is 1. The number of carbonyl (C=O) groups excluding carboxylic acids is 2. The lowest BCUT2D eigenvalue weighted by molar-refractivity contribution is 0.0600. The molecule has 0 spiro atoms. The second kappa shape index (κ2) is 8.61. The first-order valence-corrected chi connectivity index (χ1v) is 9.27. The quantitative estimate of drug-likeness (QED) is 0.640. The summed E-state index contributed by atoms with van der Waals surface area (Å²) in [5.74, 6) is -0.529. The number of esters is 1. The Morgan fingerprint density at radius 3 is 2.28 bits per heavy atom. The summed E-state index contributed by atoms with van der Waals surface area (Å²) in [6.45, 7) is 2.01. The first-order chi connectivity index (χ1) is 13.9. The zero-order valence-electron chi connectivity index (χ0n) is 17.0. The van der Waals surface area contributed by atoms with Crippen LogP contribution in [-0.2, 0) is 4.74 Å². The molecule has 0 saturated carbocycles. The van der Waals surface area contributed by atoms with Crippen LogP contribution in [0.1, 0.15) is 26.3 Å². The maximum atomic E-state index is 12.7. The van der Waals surface area contributed by atoms with Crippen LogP contribution in [0.4, 0.5) is 11.4 Å². The highest BCUT2D eigenvalue weighted by molar-refractivity contribution is 6.05. The molecule has 29 heavy (non-hydrogen) atoms. The number of benzene rings is 3. The van der Waals surface area contributed by atoms with Crippen LogP contribution >= 0.6 is 0 Å². The highest BCUT2D eigenvalue weighted by Gasteiger charge is 2.11. The van der Waals surface area contributed by atoms with Gasteiger partial charge in [0, 0.05) is 31.0 Å². The lowest BCUT2D eigenvalue weighted by Gasteiger charge is -2.14. The number of hydrogen-bond donors (Lipinski definition) is 1. The number of rotatable bonds is 5. The molecule has 0 fully saturated rings. The average molecular weight is 388 g/mol. The van der Waals surface area contributed by atoms with Crippen LogP contribution in [-0.4, -0.2) is 33.1 Å². The van der Waals surface area contributed by atoms with Crippen LogP contribution in [0.25, 0.3) is 11.1 Å². The molecule has 0 bridgehead atoms. The third-order valence-corrected chi connectivity index (χ3v) is 4.74. The zero-order valence-corrected chi connectivity index (χ0v) is 17.0. The van der Waals surface area contributed by atoms with Crippen molar-refractivity contribution < 1.29 is 14.3 Å². The van der Waals surface area contributed by atoms with Gasteiger partial charge in [-0.05, 0) is 66.1 Å². The minimum Gasteiger partial charge on any atom is -0.465 e. The Kier molecular flexibility index (Phi) is 5.98. The monoisotopic (exact) mass is 388 g/mol. The van der Waals surface area contributed by atoms with E-state index in [1.807, 2.05) is 74.4 Å². The molecule has 0 saturated heterocycles. The molecular formula is C24H24N2O3. The molecule has 1 N–H and O–H groups in total. The van der Waals surface area contributed by atoms with E-state index in [0.29, 0.717) is 16.8 Å². The van der Waals surface area contributed by atoms with Gasteiger partial charge in [0.05, 0.1) is 12.7 Å². The number of methoxy groups -OCH3 is 1. The Morgan fingerprint density at radius 1 is 0.897 bits per heavy atom. The first-order valence-electron chi connectivity index (χ1n) is 9.27. The van der Waals surface area contributed by atoms with Crippen LogP contribution in [0.3, 0.4) is 0 Å². The van der Waals surface area contributed by atoms with Gasteiger partial charge in [0.15, 0.2) is 0 Å². The summed E-state index contributed by atoms with van der Waals surface area (Å²) >= 11 is 0. The van der Waals surface area contributed by atoms with Gasteiger partial charge in [-0.1, -0.05) is 24.3 Å². The van der Waals surface area contributed by atoms with E-state index in [1.165, 1.54) is 7.11 Å². The molecule has 0 atom stereocenters. The summed E-state index contributed by atoms with van der Waals surface area (Å²) in [5.41, 5.74) is 5.79. The Balaban J connectivity index is 1.84. The second-order valence-corrected chi connectivity index (χ2v) is 7.00. The van der Waals surface area contributed by atoms with Crippen molar-refractivity contribution in [3.8, 4) is 11.1 Å². The van der Waals surface area contributed by atoms with Gasteiger partial charge in [-0.25, -0.2) is 4.79 Å². The Hall–Kier alpha value is -3.60. The normalized spacial score (nSPS) is 10.3. The molecular weight excluding hydrogens is 364 g/mol. The van der Waals surface area contributed by atoms with Crippen LogP contribution in [0, 0.1) is 6.92 Å². The highest BCUT2D eigenvalue weighted by atomic mass is 16.5. The van der Waals surface area contributed by atoms with E-state index in [1.54, 1.807) is 18.2 Å². The molecule has 0 aliphatic carbocycles. The van der Waals surface area contributed by atoms with Crippen molar-refractivity contribution in [2.75, 3.05) is 31.4 Å². The standard InChI is InChI=1S/C24H24N2O3/c1-16-8-13-20(25-23(27)19-6-5-7-21(14-19)26(2)3)15-22(16)17-9-11-18(12-10-17)24(28)29-4/h5-15H,1-4H3,(H,25,27). The van der Waals surface area contributed by atoms with Crippen molar-refractivity contribution in [3.63, 3.8) is 0 Å². The van der Waals surface area contributed by atoms with Crippen molar-refractivity contribution in [2.45, 2.75) is 6.92 Å². The van der Waals surface area contributed by atoms with Gasteiger partial charge < -0.3 is 15.0 Å². The van der Waals surface area contributed by atoms with Crippen molar-refractivity contribution in [1.82, 2.24) is 0 Å². The molecule has 0 aliphatic rings. The van der Waals surface area contributed by atoms with Crippen molar-refractivity contribution in [2.24, 2.45) is 0 Å². The second-order valence-electron chi connectivity index (χ2n) is 7.00. The van der Waals surface area contributed by atoms with Gasteiger partial charge in [0.2, 0.25) is 0 Å². The first kappa shape index (κ1) is 20.1. The van der Waals surface area contributed by atoms with E-state index in [0.717, 1.165) is 22.4 Å². The van der Waals surface area contributed by atoms with E-state index in [-0.39, 0.29) is 11.9 Å². The summed E-state index contributed by atoms with van der Waals surface area (Å²) < 4.78 is 4.74. The molecule has 5 nitrogen and oxygen atoms in total. The van der Waals surface area contributed by atoms with E-state index in [2.05, 4.69) is 5.32 Å². The van der Waals surface area contributed by atoms with Crippen molar-refractivity contribution in [1.29, 1.82) is 0 Å². The van der Waals surface area contributed by atoms with E-state index < -0.39 is 0 Å². The molecule has 3 rings (SSSR count). The topological polar surface area (TPSA) is 58.6 Å². The predicted molar refractivity (Wildman–Crippen MR) is 117 cm³/mol. The molecule has 0 aliphatic heterocycles. The van der Waals surface area contributed by atoms with Gasteiger partial charge in [-0.15, -0.1) is 0 Å². The van der Waals surface area contributed by atoms with Crippen LogP contribution in [0.5, 0.6) is 0 Å². The predicted octanol–water partition coefficient (Wildman–Crippen LogP) is 4.77. The lowest BCUT2D eigenvalue weighted by atomic mass is 9.98. The zero-order chi connectivity index (χ0) is 21.0. The lowest BCUT2D eigenvalue weighted by Crippen LogP contribution is -2.14. The minimum absolute atomic E-state index is 0.162. The summed E-state index contributed by atoms with van der Waals surface area (Å²) in [7, 11) is 5.24.